The Bertz CT molecular complexity index is 487. The number of β-amino-alcohol motifs (C(OH)–C–C–N with tert-alkyl or cyclic N) is 1. The van der Waals surface area contributed by atoms with Gasteiger partial charge in [-0.05, 0) is 11.6 Å². The summed E-state index contributed by atoms with van der Waals surface area (Å²) in [5.74, 6) is 0. The van der Waals surface area contributed by atoms with Gasteiger partial charge in [-0.2, -0.15) is 0 Å². The molecule has 7 heteroatoms. The Balaban J connectivity index is 1.96. The lowest BCUT2D eigenvalue weighted by molar-refractivity contribution is -0.384. The van der Waals surface area contributed by atoms with E-state index in [-0.39, 0.29) is 17.2 Å². The Morgan fingerprint density at radius 2 is 1.95 bits per heavy atom. The molecule has 0 amide bonds. The molecule has 1 heterocycles. The molecule has 1 aromatic rings. The largest absolute Gasteiger partial charge is 0.395 e. The molecule has 0 saturated carbocycles. The zero-order valence-corrected chi connectivity index (χ0v) is 12.3. The molecule has 0 bridgehead atoms. The molecule has 0 spiro atoms. The van der Waals surface area contributed by atoms with Crippen molar-refractivity contribution in [3.8, 4) is 0 Å². The summed E-state index contributed by atoms with van der Waals surface area (Å²) in [6, 6.07) is 5.22. The summed E-state index contributed by atoms with van der Waals surface area (Å²) < 4.78 is 0. The third kappa shape index (κ3) is 4.13. The van der Waals surface area contributed by atoms with Gasteiger partial charge in [0.2, 0.25) is 0 Å². The Morgan fingerprint density at radius 3 is 2.52 bits per heavy atom. The van der Waals surface area contributed by atoms with Gasteiger partial charge in [0.25, 0.3) is 5.69 Å². The van der Waals surface area contributed by atoms with Crippen LogP contribution in [-0.4, -0.2) is 66.2 Å². The monoisotopic (exact) mass is 294 g/mol. The van der Waals surface area contributed by atoms with Crippen LogP contribution in [0.15, 0.2) is 18.2 Å². The van der Waals surface area contributed by atoms with Crippen LogP contribution >= 0.6 is 0 Å². The van der Waals surface area contributed by atoms with Gasteiger partial charge in [-0.15, -0.1) is 0 Å². The van der Waals surface area contributed by atoms with Gasteiger partial charge >= 0.3 is 0 Å². The number of aliphatic hydroxyl groups is 1. The molecule has 0 aliphatic carbocycles. The van der Waals surface area contributed by atoms with E-state index in [1.807, 2.05) is 12.1 Å². The Hall–Kier alpha value is -1.70. The molecule has 1 aliphatic rings. The van der Waals surface area contributed by atoms with Crippen molar-refractivity contribution < 1.29 is 10.0 Å². The number of hydrogen-bond acceptors (Lipinski definition) is 6. The Morgan fingerprint density at radius 1 is 1.29 bits per heavy atom. The van der Waals surface area contributed by atoms with Crippen molar-refractivity contribution in [2.45, 2.75) is 6.54 Å². The number of anilines is 1. The summed E-state index contributed by atoms with van der Waals surface area (Å²) in [4.78, 5) is 15.1. The summed E-state index contributed by atoms with van der Waals surface area (Å²) >= 11 is 0. The topological polar surface area (TPSA) is 81.9 Å². The van der Waals surface area contributed by atoms with E-state index in [0.717, 1.165) is 44.8 Å². The fourth-order valence-electron chi connectivity index (χ4n) is 2.61. The maximum absolute atomic E-state index is 10.9. The number of nitrogens with zero attached hydrogens (tertiary/aromatic N) is 3. The van der Waals surface area contributed by atoms with Crippen LogP contribution in [0.3, 0.4) is 0 Å². The van der Waals surface area contributed by atoms with Gasteiger partial charge in [0.1, 0.15) is 5.69 Å². The Kier molecular flexibility index (Phi) is 5.49. The smallest absolute Gasteiger partial charge is 0.292 e. The first-order valence-corrected chi connectivity index (χ1v) is 7.14. The highest BCUT2D eigenvalue weighted by atomic mass is 16.6. The number of nitro benzene ring substituents is 1. The van der Waals surface area contributed by atoms with Crippen molar-refractivity contribution in [2.75, 3.05) is 51.7 Å². The van der Waals surface area contributed by atoms with E-state index in [9.17, 15) is 10.1 Å². The van der Waals surface area contributed by atoms with E-state index in [1.165, 1.54) is 0 Å². The summed E-state index contributed by atoms with van der Waals surface area (Å²) in [5.41, 5.74) is 1.73. The molecule has 1 aromatic carbocycles. The van der Waals surface area contributed by atoms with E-state index >= 15 is 0 Å². The number of piperazine rings is 1. The van der Waals surface area contributed by atoms with Crippen LogP contribution in [0.25, 0.3) is 0 Å². The molecule has 2 N–H and O–H groups in total. The van der Waals surface area contributed by atoms with Gasteiger partial charge in [0.05, 0.1) is 11.5 Å². The lowest BCUT2D eigenvalue weighted by atomic mass is 10.1. The number of nitro groups is 1. The summed E-state index contributed by atoms with van der Waals surface area (Å²) in [5, 5.41) is 22.7. The number of hydrogen-bond donors (Lipinski definition) is 2. The maximum atomic E-state index is 10.9. The van der Waals surface area contributed by atoms with Gasteiger partial charge in [-0.3, -0.25) is 19.9 Å². The van der Waals surface area contributed by atoms with Gasteiger partial charge in [0, 0.05) is 52.4 Å². The lowest BCUT2D eigenvalue weighted by Gasteiger charge is -2.34. The second-order valence-electron chi connectivity index (χ2n) is 5.20. The summed E-state index contributed by atoms with van der Waals surface area (Å²) in [6.07, 6.45) is 0. The van der Waals surface area contributed by atoms with Gasteiger partial charge in [-0.25, -0.2) is 0 Å². The first-order chi connectivity index (χ1) is 10.1. The van der Waals surface area contributed by atoms with E-state index in [0.29, 0.717) is 5.69 Å². The van der Waals surface area contributed by atoms with Gasteiger partial charge < -0.3 is 10.4 Å². The minimum atomic E-state index is -0.372. The lowest BCUT2D eigenvalue weighted by Crippen LogP contribution is -2.46. The molecule has 1 aliphatic heterocycles. The molecular formula is C14H22N4O3. The molecule has 1 saturated heterocycles. The van der Waals surface area contributed by atoms with E-state index in [4.69, 9.17) is 5.11 Å². The average Bonchev–Trinajstić information content (AvgIpc) is 2.49. The van der Waals surface area contributed by atoms with Crippen LogP contribution in [0.2, 0.25) is 0 Å². The number of rotatable bonds is 6. The average molecular weight is 294 g/mol. The molecule has 0 radical (unpaired) electrons. The van der Waals surface area contributed by atoms with Crippen molar-refractivity contribution in [3.63, 3.8) is 0 Å². The third-order valence-corrected chi connectivity index (χ3v) is 3.81. The highest BCUT2D eigenvalue weighted by molar-refractivity contribution is 5.62. The van der Waals surface area contributed by atoms with E-state index < -0.39 is 0 Å². The van der Waals surface area contributed by atoms with Crippen molar-refractivity contribution in [3.05, 3.63) is 33.9 Å². The first-order valence-electron chi connectivity index (χ1n) is 7.14. The SMILES string of the molecule is CNc1cc(CN2CCN(CCO)CC2)ccc1[N+](=O)[O-]. The quantitative estimate of drug-likeness (QED) is 0.595. The minimum Gasteiger partial charge on any atom is -0.395 e. The molecule has 0 unspecified atom stereocenters. The van der Waals surface area contributed by atoms with Gasteiger partial charge in [0.15, 0.2) is 0 Å². The zero-order chi connectivity index (χ0) is 15.2. The van der Waals surface area contributed by atoms with Crippen molar-refractivity contribution in [1.82, 2.24) is 9.80 Å². The van der Waals surface area contributed by atoms with Crippen LogP contribution < -0.4 is 5.32 Å². The molecule has 0 atom stereocenters. The standard InChI is InChI=1S/C14H22N4O3/c1-15-13-10-12(2-3-14(13)18(20)21)11-17-6-4-16(5-7-17)8-9-19/h2-3,10,15,19H,4-9,11H2,1H3. The van der Waals surface area contributed by atoms with E-state index in [2.05, 4.69) is 15.1 Å². The molecule has 7 nitrogen and oxygen atoms in total. The maximum Gasteiger partial charge on any atom is 0.292 e. The molecule has 21 heavy (non-hydrogen) atoms. The highest BCUT2D eigenvalue weighted by Crippen LogP contribution is 2.25. The fourth-order valence-corrected chi connectivity index (χ4v) is 2.61. The predicted octanol–water partition coefficient (Wildman–Crippen LogP) is 0.746. The molecule has 0 aromatic heterocycles. The molecule has 2 rings (SSSR count). The van der Waals surface area contributed by atoms with E-state index in [1.54, 1.807) is 13.1 Å². The normalized spacial score (nSPS) is 16.9. The number of nitrogens with one attached hydrogen (secondary N) is 1. The summed E-state index contributed by atoms with van der Waals surface area (Å²) in [6.45, 7) is 5.53. The molecule has 116 valence electrons. The Labute approximate surface area is 124 Å². The third-order valence-electron chi connectivity index (χ3n) is 3.81. The number of benzene rings is 1. The second-order valence-corrected chi connectivity index (χ2v) is 5.20. The fraction of sp³-hybridized carbons (Fsp3) is 0.571. The summed E-state index contributed by atoms with van der Waals surface area (Å²) in [7, 11) is 1.69. The van der Waals surface area contributed by atoms with Crippen LogP contribution in [0.1, 0.15) is 5.56 Å². The second kappa shape index (κ2) is 7.35. The molecule has 1 fully saturated rings. The first kappa shape index (κ1) is 15.7. The van der Waals surface area contributed by atoms with Crippen molar-refractivity contribution in [2.24, 2.45) is 0 Å². The zero-order valence-electron chi connectivity index (χ0n) is 12.3. The van der Waals surface area contributed by atoms with Crippen molar-refractivity contribution >= 4 is 11.4 Å². The highest BCUT2D eigenvalue weighted by Gasteiger charge is 2.18. The van der Waals surface area contributed by atoms with Gasteiger partial charge in [-0.1, -0.05) is 6.07 Å². The number of aliphatic hydroxyl groups excluding tert-OH is 1. The van der Waals surface area contributed by atoms with Crippen LogP contribution in [0.5, 0.6) is 0 Å². The van der Waals surface area contributed by atoms with Crippen molar-refractivity contribution in [1.29, 1.82) is 0 Å². The van der Waals surface area contributed by atoms with Crippen LogP contribution in [-0.2, 0) is 6.54 Å². The van der Waals surface area contributed by atoms with Crippen LogP contribution in [0, 0.1) is 10.1 Å². The van der Waals surface area contributed by atoms with Crippen LogP contribution in [0.4, 0.5) is 11.4 Å². The minimum absolute atomic E-state index is 0.106. The predicted molar refractivity (Wildman–Crippen MR) is 81.4 cm³/mol. The molecular weight excluding hydrogens is 272 g/mol.